The summed E-state index contributed by atoms with van der Waals surface area (Å²) in [7, 11) is 1.60. The Morgan fingerprint density at radius 3 is 2.59 bits per heavy atom. The number of carbonyl (C=O) groups is 2. The first-order valence-corrected chi connectivity index (χ1v) is 10.3. The first kappa shape index (κ1) is 21.6. The van der Waals surface area contributed by atoms with E-state index in [1.165, 1.54) is 0 Å². The van der Waals surface area contributed by atoms with Crippen molar-refractivity contribution < 1.29 is 23.5 Å². The van der Waals surface area contributed by atoms with Gasteiger partial charge in [-0.2, -0.15) is 0 Å². The summed E-state index contributed by atoms with van der Waals surface area (Å²) in [5.41, 5.74) is 7.29. The first-order valence-electron chi connectivity index (χ1n) is 10.3. The second-order valence-corrected chi connectivity index (χ2v) is 7.75. The molecule has 0 saturated heterocycles. The summed E-state index contributed by atoms with van der Waals surface area (Å²) >= 11 is 0. The lowest BCUT2D eigenvalue weighted by atomic mass is 9.98. The van der Waals surface area contributed by atoms with Crippen molar-refractivity contribution in [3.8, 4) is 5.75 Å². The smallest absolute Gasteiger partial charge is 0.290 e. The first-order chi connectivity index (χ1) is 15.4. The maximum atomic E-state index is 13.5. The van der Waals surface area contributed by atoms with E-state index in [1.54, 1.807) is 48.4 Å². The molecule has 2 amide bonds. The van der Waals surface area contributed by atoms with Gasteiger partial charge >= 0.3 is 0 Å². The van der Waals surface area contributed by atoms with Gasteiger partial charge in [-0.05, 0) is 43.2 Å². The summed E-state index contributed by atoms with van der Waals surface area (Å²) in [6.07, 6.45) is 0.610. The molecule has 3 aromatic rings. The Balaban J connectivity index is 1.80. The molecule has 8 nitrogen and oxygen atoms in total. The number of hydrogen-bond acceptors (Lipinski definition) is 6. The molecule has 0 spiro atoms. The molecular weight excluding hydrogens is 412 g/mol. The lowest BCUT2D eigenvalue weighted by Crippen LogP contribution is -2.31. The summed E-state index contributed by atoms with van der Waals surface area (Å²) in [5, 5.41) is 0.446. The van der Waals surface area contributed by atoms with E-state index < -0.39 is 11.9 Å². The summed E-state index contributed by atoms with van der Waals surface area (Å²) in [6, 6.07) is 11.6. The van der Waals surface area contributed by atoms with Crippen LogP contribution in [0.4, 0.5) is 0 Å². The Kier molecular flexibility index (Phi) is 5.96. The Bertz CT molecular complexity index is 1230. The van der Waals surface area contributed by atoms with E-state index in [0.717, 1.165) is 11.1 Å². The van der Waals surface area contributed by atoms with Gasteiger partial charge in [-0.15, -0.1) is 0 Å². The third-order valence-corrected chi connectivity index (χ3v) is 5.45. The standard InChI is InChI=1S/C24H24N2O6/c1-14-4-9-18-17(12-14)22(28)20-21(15-5-7-16(8-6-15)31-13-19(25)27)26(10-3-11-30-2)24(29)23(20)32-18/h4-9,12,21H,3,10-11,13H2,1-2H3,(H2,25,27). The fourth-order valence-corrected chi connectivity index (χ4v) is 3.99. The highest BCUT2D eigenvalue weighted by Gasteiger charge is 2.42. The van der Waals surface area contributed by atoms with Gasteiger partial charge in [0.05, 0.1) is 17.0 Å². The average molecular weight is 436 g/mol. The van der Waals surface area contributed by atoms with Crippen molar-refractivity contribution in [2.45, 2.75) is 19.4 Å². The van der Waals surface area contributed by atoms with E-state index in [0.29, 0.717) is 41.9 Å². The highest BCUT2D eigenvalue weighted by Crippen LogP contribution is 2.38. The van der Waals surface area contributed by atoms with Crippen LogP contribution in [0.1, 0.15) is 39.7 Å². The molecule has 8 heteroatoms. The van der Waals surface area contributed by atoms with Gasteiger partial charge in [0.1, 0.15) is 11.3 Å². The maximum Gasteiger partial charge on any atom is 0.290 e. The number of hydrogen-bond donors (Lipinski definition) is 1. The lowest BCUT2D eigenvalue weighted by molar-refractivity contribution is -0.119. The molecule has 0 radical (unpaired) electrons. The number of primary amides is 1. The molecule has 2 heterocycles. The molecule has 0 saturated carbocycles. The number of benzene rings is 2. The van der Waals surface area contributed by atoms with Gasteiger partial charge in [0, 0.05) is 20.3 Å². The second kappa shape index (κ2) is 8.84. The van der Waals surface area contributed by atoms with Crippen molar-refractivity contribution in [1.29, 1.82) is 0 Å². The highest BCUT2D eigenvalue weighted by atomic mass is 16.5. The molecule has 0 fully saturated rings. The molecule has 1 unspecified atom stereocenters. The van der Waals surface area contributed by atoms with Crippen molar-refractivity contribution in [3.05, 3.63) is 75.1 Å². The van der Waals surface area contributed by atoms with Crippen LogP contribution in [0.15, 0.2) is 51.7 Å². The Hall–Kier alpha value is -3.65. The Morgan fingerprint density at radius 1 is 1.16 bits per heavy atom. The number of nitrogens with two attached hydrogens (primary N) is 1. The largest absolute Gasteiger partial charge is 0.484 e. The van der Waals surface area contributed by atoms with Gasteiger partial charge in [0.2, 0.25) is 5.76 Å². The molecule has 1 aliphatic rings. The number of ether oxygens (including phenoxy) is 2. The lowest BCUT2D eigenvalue weighted by Gasteiger charge is -2.25. The molecule has 1 atom stereocenters. The van der Waals surface area contributed by atoms with Crippen LogP contribution in [0.5, 0.6) is 5.75 Å². The van der Waals surface area contributed by atoms with Gasteiger partial charge in [0.15, 0.2) is 12.0 Å². The maximum absolute atomic E-state index is 13.5. The van der Waals surface area contributed by atoms with Crippen LogP contribution in [0, 0.1) is 6.92 Å². The number of rotatable bonds is 8. The van der Waals surface area contributed by atoms with Gasteiger partial charge in [-0.1, -0.05) is 23.8 Å². The topological polar surface area (TPSA) is 112 Å². The van der Waals surface area contributed by atoms with Crippen LogP contribution >= 0.6 is 0 Å². The van der Waals surface area contributed by atoms with Gasteiger partial charge < -0.3 is 24.5 Å². The quantitative estimate of drug-likeness (QED) is 0.543. The van der Waals surface area contributed by atoms with E-state index in [1.807, 2.05) is 13.0 Å². The van der Waals surface area contributed by atoms with Crippen molar-refractivity contribution >= 4 is 22.8 Å². The molecule has 1 aromatic heterocycles. The average Bonchev–Trinajstić information content (AvgIpc) is 3.05. The molecular formula is C24H24N2O6. The predicted molar refractivity (Wildman–Crippen MR) is 118 cm³/mol. The predicted octanol–water partition coefficient (Wildman–Crippen LogP) is 2.55. The summed E-state index contributed by atoms with van der Waals surface area (Å²) in [4.78, 5) is 39.3. The van der Waals surface area contributed by atoms with Gasteiger partial charge in [0.25, 0.3) is 11.8 Å². The molecule has 32 heavy (non-hydrogen) atoms. The van der Waals surface area contributed by atoms with Crippen molar-refractivity contribution in [1.82, 2.24) is 4.90 Å². The number of fused-ring (bicyclic) bond motifs is 2. The number of nitrogens with zero attached hydrogens (tertiary/aromatic N) is 1. The van der Waals surface area contributed by atoms with Crippen molar-refractivity contribution in [2.24, 2.45) is 5.73 Å². The number of methoxy groups -OCH3 is 1. The SMILES string of the molecule is COCCCN1C(=O)c2oc3ccc(C)cc3c(=O)c2C1c1ccc(OCC(N)=O)cc1. The monoisotopic (exact) mass is 436 g/mol. The van der Waals surface area contributed by atoms with E-state index in [9.17, 15) is 14.4 Å². The fourth-order valence-electron chi connectivity index (χ4n) is 3.99. The van der Waals surface area contributed by atoms with Crippen LogP contribution in [0.3, 0.4) is 0 Å². The third kappa shape index (κ3) is 3.97. The summed E-state index contributed by atoms with van der Waals surface area (Å²) < 4.78 is 16.4. The molecule has 4 rings (SSSR count). The van der Waals surface area contributed by atoms with E-state index in [-0.39, 0.29) is 23.7 Å². The zero-order valence-corrected chi connectivity index (χ0v) is 17.9. The Labute approximate surface area is 184 Å². The Morgan fingerprint density at radius 2 is 1.91 bits per heavy atom. The minimum absolute atomic E-state index is 0.0721. The number of amides is 2. The molecule has 2 aromatic carbocycles. The summed E-state index contributed by atoms with van der Waals surface area (Å²) in [6.45, 7) is 2.55. The number of carbonyl (C=O) groups excluding carboxylic acids is 2. The van der Waals surface area contributed by atoms with E-state index in [2.05, 4.69) is 0 Å². The normalized spacial score (nSPS) is 15.2. The van der Waals surface area contributed by atoms with Crippen molar-refractivity contribution in [2.75, 3.05) is 26.9 Å². The zero-order valence-electron chi connectivity index (χ0n) is 17.9. The third-order valence-electron chi connectivity index (χ3n) is 5.45. The van der Waals surface area contributed by atoms with Crippen LogP contribution in [0.2, 0.25) is 0 Å². The second-order valence-electron chi connectivity index (χ2n) is 7.75. The minimum Gasteiger partial charge on any atom is -0.484 e. The molecule has 166 valence electrons. The molecule has 1 aliphatic heterocycles. The highest BCUT2D eigenvalue weighted by molar-refractivity contribution is 5.99. The zero-order chi connectivity index (χ0) is 22.8. The van der Waals surface area contributed by atoms with Gasteiger partial charge in [-0.25, -0.2) is 0 Å². The van der Waals surface area contributed by atoms with Gasteiger partial charge in [-0.3, -0.25) is 14.4 Å². The van der Waals surface area contributed by atoms with Crippen molar-refractivity contribution in [3.63, 3.8) is 0 Å². The van der Waals surface area contributed by atoms with E-state index >= 15 is 0 Å². The van der Waals surface area contributed by atoms with Crippen LogP contribution in [0.25, 0.3) is 11.0 Å². The molecule has 0 bridgehead atoms. The minimum atomic E-state index is -0.597. The fraction of sp³-hybridized carbons (Fsp3) is 0.292. The molecule has 0 aliphatic carbocycles. The molecule has 2 N–H and O–H groups in total. The van der Waals surface area contributed by atoms with Crippen LogP contribution < -0.4 is 15.9 Å². The van der Waals surface area contributed by atoms with Crippen LogP contribution in [-0.4, -0.2) is 43.6 Å². The summed E-state index contributed by atoms with van der Waals surface area (Å²) in [5.74, 6) is -0.366. The van der Waals surface area contributed by atoms with Crippen LogP contribution in [-0.2, 0) is 9.53 Å². The number of aryl methyl sites for hydroxylation is 1. The van der Waals surface area contributed by atoms with E-state index in [4.69, 9.17) is 19.6 Å².